The largest absolute Gasteiger partial charge is 0.376 e. The highest BCUT2D eigenvalue weighted by Crippen LogP contribution is 2.15. The number of allylic oxidation sites excluding steroid dienone is 5. The lowest BCUT2D eigenvalue weighted by Gasteiger charge is -2.09. The molecule has 0 aliphatic heterocycles. The summed E-state index contributed by atoms with van der Waals surface area (Å²) in [4.78, 5) is 0. The van der Waals surface area contributed by atoms with Crippen molar-refractivity contribution in [2.24, 2.45) is 5.73 Å². The van der Waals surface area contributed by atoms with Gasteiger partial charge in [-0.05, 0) is 36.7 Å². The second-order valence-electron chi connectivity index (χ2n) is 2.85. The maximum absolute atomic E-state index is 5.42. The van der Waals surface area contributed by atoms with Gasteiger partial charge >= 0.3 is 0 Å². The van der Waals surface area contributed by atoms with Crippen molar-refractivity contribution in [1.29, 1.82) is 0 Å². The number of thiocarbonyl (C=S) groups is 1. The molecule has 0 spiro atoms. The molecule has 0 atom stereocenters. The number of nitrogens with one attached hydrogen (secondary N) is 1. The Morgan fingerprint density at radius 1 is 1.62 bits per heavy atom. The third kappa shape index (κ3) is 3.03. The monoisotopic (exact) mass is 194 g/mol. The Hall–Kier alpha value is -1.09. The molecule has 70 valence electrons. The number of hydrogen-bond donors (Lipinski definition) is 2. The minimum absolute atomic E-state index is 0.326. The second kappa shape index (κ2) is 4.82. The van der Waals surface area contributed by atoms with Gasteiger partial charge in [0.2, 0.25) is 0 Å². The van der Waals surface area contributed by atoms with Crippen LogP contribution in [0.4, 0.5) is 0 Å². The van der Waals surface area contributed by atoms with Gasteiger partial charge in [0.05, 0.1) is 0 Å². The first kappa shape index (κ1) is 9.99. The minimum Gasteiger partial charge on any atom is -0.376 e. The first-order chi connectivity index (χ1) is 6.24. The van der Waals surface area contributed by atoms with Crippen LogP contribution < -0.4 is 11.1 Å². The van der Waals surface area contributed by atoms with E-state index in [2.05, 4.69) is 18.3 Å². The highest BCUT2D eigenvalue weighted by molar-refractivity contribution is 7.80. The lowest BCUT2D eigenvalue weighted by atomic mass is 10.1. The maximum Gasteiger partial charge on any atom is 0.168 e. The molecule has 1 rings (SSSR count). The average molecular weight is 194 g/mol. The fourth-order valence-electron chi connectivity index (χ4n) is 1.27. The molecule has 0 heterocycles. The van der Waals surface area contributed by atoms with Crippen molar-refractivity contribution in [3.05, 3.63) is 35.6 Å². The summed E-state index contributed by atoms with van der Waals surface area (Å²) in [5, 5.41) is 3.31. The van der Waals surface area contributed by atoms with Crippen LogP contribution in [0.5, 0.6) is 0 Å². The molecule has 0 aromatic rings. The summed E-state index contributed by atoms with van der Waals surface area (Å²) in [7, 11) is 0. The van der Waals surface area contributed by atoms with Gasteiger partial charge in [-0.25, -0.2) is 0 Å². The molecule has 0 aromatic carbocycles. The van der Waals surface area contributed by atoms with Crippen molar-refractivity contribution in [1.82, 2.24) is 5.32 Å². The molecule has 0 bridgehead atoms. The molecule has 0 radical (unpaired) electrons. The molecular formula is C10H14N2S. The van der Waals surface area contributed by atoms with Gasteiger partial charge in [-0.3, -0.25) is 0 Å². The molecule has 1 aliphatic rings. The second-order valence-corrected chi connectivity index (χ2v) is 3.29. The number of nitrogens with two attached hydrogens (primary N) is 1. The van der Waals surface area contributed by atoms with Gasteiger partial charge in [-0.1, -0.05) is 25.2 Å². The summed E-state index contributed by atoms with van der Waals surface area (Å²) in [5.41, 5.74) is 7.80. The third-order valence-electron chi connectivity index (χ3n) is 1.94. The fourth-order valence-corrected chi connectivity index (χ4v) is 1.38. The maximum atomic E-state index is 5.42. The Bertz CT molecular complexity index is 287. The van der Waals surface area contributed by atoms with E-state index >= 15 is 0 Å². The van der Waals surface area contributed by atoms with E-state index in [9.17, 15) is 0 Å². The summed E-state index contributed by atoms with van der Waals surface area (Å²) in [5.74, 6) is 0. The van der Waals surface area contributed by atoms with Crippen LogP contribution in [0, 0.1) is 0 Å². The highest BCUT2D eigenvalue weighted by Gasteiger charge is 2.03. The smallest absolute Gasteiger partial charge is 0.168 e. The normalized spacial score (nSPS) is 15.8. The van der Waals surface area contributed by atoms with Crippen LogP contribution in [0.2, 0.25) is 0 Å². The molecule has 3 heteroatoms. The first-order valence-electron chi connectivity index (χ1n) is 4.35. The quantitative estimate of drug-likeness (QED) is 0.660. The first-order valence-corrected chi connectivity index (χ1v) is 4.76. The Kier molecular flexibility index (Phi) is 3.71. The SMILES string of the molecule is CCC1=C(NC(N)=S)C=CC=CC1. The molecular weight excluding hydrogens is 180 g/mol. The Morgan fingerprint density at radius 3 is 3.00 bits per heavy atom. The van der Waals surface area contributed by atoms with Crippen molar-refractivity contribution >= 4 is 17.3 Å². The van der Waals surface area contributed by atoms with Crippen molar-refractivity contribution in [2.45, 2.75) is 19.8 Å². The molecule has 2 nitrogen and oxygen atoms in total. The van der Waals surface area contributed by atoms with E-state index in [1.807, 2.05) is 18.2 Å². The lowest BCUT2D eigenvalue weighted by molar-refractivity contribution is 0.973. The van der Waals surface area contributed by atoms with Gasteiger partial charge in [0, 0.05) is 5.70 Å². The van der Waals surface area contributed by atoms with Crippen LogP contribution in [0.15, 0.2) is 35.6 Å². The zero-order valence-corrected chi connectivity index (χ0v) is 8.53. The summed E-state index contributed by atoms with van der Waals surface area (Å²) in [6.45, 7) is 2.13. The summed E-state index contributed by atoms with van der Waals surface area (Å²) < 4.78 is 0. The summed E-state index contributed by atoms with van der Waals surface area (Å²) in [6.07, 6.45) is 10.1. The zero-order chi connectivity index (χ0) is 9.68. The Balaban J connectivity index is 2.85. The van der Waals surface area contributed by atoms with E-state index in [0.29, 0.717) is 5.11 Å². The molecule has 0 aromatic heterocycles. The zero-order valence-electron chi connectivity index (χ0n) is 7.71. The van der Waals surface area contributed by atoms with E-state index in [-0.39, 0.29) is 0 Å². The fraction of sp³-hybridized carbons (Fsp3) is 0.300. The number of hydrogen-bond acceptors (Lipinski definition) is 1. The van der Waals surface area contributed by atoms with Crippen molar-refractivity contribution in [3.8, 4) is 0 Å². The van der Waals surface area contributed by atoms with Crippen LogP contribution in [-0.4, -0.2) is 5.11 Å². The van der Waals surface area contributed by atoms with Gasteiger partial charge in [0.1, 0.15) is 0 Å². The average Bonchev–Trinajstić information content (AvgIpc) is 2.28. The van der Waals surface area contributed by atoms with Crippen LogP contribution >= 0.6 is 12.2 Å². The minimum atomic E-state index is 0.326. The van der Waals surface area contributed by atoms with Gasteiger partial charge < -0.3 is 11.1 Å². The topological polar surface area (TPSA) is 38.0 Å². The van der Waals surface area contributed by atoms with Crippen molar-refractivity contribution in [2.75, 3.05) is 0 Å². The predicted molar refractivity (Wildman–Crippen MR) is 60.1 cm³/mol. The van der Waals surface area contributed by atoms with E-state index in [1.165, 1.54) is 5.57 Å². The van der Waals surface area contributed by atoms with Crippen molar-refractivity contribution in [3.63, 3.8) is 0 Å². The molecule has 0 amide bonds. The molecule has 1 aliphatic carbocycles. The lowest BCUT2D eigenvalue weighted by Crippen LogP contribution is -2.28. The number of rotatable bonds is 2. The van der Waals surface area contributed by atoms with E-state index in [1.54, 1.807) is 0 Å². The van der Waals surface area contributed by atoms with Crippen LogP contribution in [0.3, 0.4) is 0 Å². The van der Waals surface area contributed by atoms with Gasteiger partial charge in [-0.2, -0.15) is 0 Å². The Labute approximate surface area is 84.2 Å². The molecule has 0 unspecified atom stereocenters. The molecule has 3 N–H and O–H groups in total. The van der Waals surface area contributed by atoms with E-state index in [0.717, 1.165) is 18.5 Å². The molecule has 0 saturated heterocycles. The Morgan fingerprint density at radius 2 is 2.38 bits per heavy atom. The highest BCUT2D eigenvalue weighted by atomic mass is 32.1. The predicted octanol–water partition coefficient (Wildman–Crippen LogP) is 2.00. The van der Waals surface area contributed by atoms with Gasteiger partial charge in [0.15, 0.2) is 5.11 Å². The van der Waals surface area contributed by atoms with Crippen molar-refractivity contribution < 1.29 is 0 Å². The van der Waals surface area contributed by atoms with E-state index in [4.69, 9.17) is 18.0 Å². The van der Waals surface area contributed by atoms with Gasteiger partial charge in [-0.15, -0.1) is 0 Å². The molecule has 13 heavy (non-hydrogen) atoms. The standard InChI is InChI=1S/C10H14N2S/c1-2-8-6-4-3-5-7-9(8)12-10(11)13/h3-5,7H,2,6H2,1H3,(H3,11,12,13). The summed E-state index contributed by atoms with van der Waals surface area (Å²) in [6, 6.07) is 0. The third-order valence-corrected chi connectivity index (χ3v) is 2.04. The molecule has 0 saturated carbocycles. The van der Waals surface area contributed by atoms with Gasteiger partial charge in [0.25, 0.3) is 0 Å². The molecule has 0 fully saturated rings. The summed E-state index contributed by atoms with van der Waals surface area (Å²) >= 11 is 4.80. The van der Waals surface area contributed by atoms with Crippen LogP contribution in [-0.2, 0) is 0 Å². The van der Waals surface area contributed by atoms with Crippen LogP contribution in [0.1, 0.15) is 19.8 Å². The van der Waals surface area contributed by atoms with E-state index < -0.39 is 0 Å². The van der Waals surface area contributed by atoms with Crippen LogP contribution in [0.25, 0.3) is 0 Å².